The van der Waals surface area contributed by atoms with Crippen LogP contribution >= 0.6 is 23.7 Å². The fourth-order valence-corrected chi connectivity index (χ4v) is 1.57. The number of hydrogen-bond donors (Lipinski definition) is 2. The molecule has 0 saturated carbocycles. The van der Waals surface area contributed by atoms with E-state index < -0.39 is 5.91 Å². The molecule has 0 spiro atoms. The Morgan fingerprint density at radius 3 is 2.67 bits per heavy atom. The van der Waals surface area contributed by atoms with Crippen molar-refractivity contribution in [2.45, 2.75) is 6.92 Å². The molecule has 1 heterocycles. The van der Waals surface area contributed by atoms with Crippen molar-refractivity contribution < 1.29 is 4.79 Å². The molecule has 82 valence electrons. The van der Waals surface area contributed by atoms with Gasteiger partial charge in [0.15, 0.2) is 5.96 Å². The number of nitrogens with two attached hydrogens (primary N) is 2. The molecule has 0 saturated heterocycles. The second kappa shape index (κ2) is 6.21. The first-order valence-corrected chi connectivity index (χ1v) is 4.83. The van der Waals surface area contributed by atoms with Gasteiger partial charge in [0.25, 0.3) is 5.91 Å². The number of rotatable bonds is 2. The highest BCUT2D eigenvalue weighted by atomic mass is 35.5. The van der Waals surface area contributed by atoms with Crippen molar-refractivity contribution in [1.29, 1.82) is 0 Å². The Morgan fingerprint density at radius 1 is 1.53 bits per heavy atom. The van der Waals surface area contributed by atoms with E-state index in [1.807, 2.05) is 17.5 Å². The molecular formula is C9H12ClN3OS. The van der Waals surface area contributed by atoms with E-state index in [0.717, 1.165) is 4.88 Å². The Kier molecular flexibility index (Phi) is 5.66. The summed E-state index contributed by atoms with van der Waals surface area (Å²) in [7, 11) is 0. The third-order valence-electron chi connectivity index (χ3n) is 1.47. The van der Waals surface area contributed by atoms with Crippen LogP contribution in [-0.4, -0.2) is 11.9 Å². The summed E-state index contributed by atoms with van der Waals surface area (Å²) in [5.74, 6) is -0.618. The first kappa shape index (κ1) is 13.7. The summed E-state index contributed by atoms with van der Waals surface area (Å²) < 4.78 is 0. The molecule has 0 aliphatic heterocycles. The number of guanidine groups is 1. The van der Waals surface area contributed by atoms with Gasteiger partial charge in [-0.2, -0.15) is 4.99 Å². The fraction of sp³-hybridized carbons (Fsp3) is 0.111. The molecule has 15 heavy (non-hydrogen) atoms. The standard InChI is InChI=1S/C9H11N3OS.ClH/c1-6(8(13)12-9(10)11)5-7-3-2-4-14-7;/h2-5H,1H3,(H4,10,11,12,13);1H/b6-5+;. The maximum absolute atomic E-state index is 11.3. The summed E-state index contributed by atoms with van der Waals surface area (Å²) in [6.45, 7) is 1.68. The molecule has 0 radical (unpaired) electrons. The highest BCUT2D eigenvalue weighted by Crippen LogP contribution is 2.13. The van der Waals surface area contributed by atoms with Crippen LogP contribution in [0.15, 0.2) is 28.1 Å². The van der Waals surface area contributed by atoms with Crippen molar-refractivity contribution in [2.75, 3.05) is 0 Å². The molecule has 6 heteroatoms. The Balaban J connectivity index is 0.00000196. The molecule has 0 fully saturated rings. The number of nitrogens with zero attached hydrogens (tertiary/aromatic N) is 1. The summed E-state index contributed by atoms with van der Waals surface area (Å²) in [5.41, 5.74) is 10.7. The van der Waals surface area contributed by atoms with E-state index in [4.69, 9.17) is 11.5 Å². The number of carbonyl (C=O) groups excluding carboxylic acids is 1. The number of aliphatic imine (C=N–C) groups is 1. The lowest BCUT2D eigenvalue weighted by molar-refractivity contribution is -0.114. The van der Waals surface area contributed by atoms with Crippen LogP contribution < -0.4 is 11.5 Å². The molecule has 0 bridgehead atoms. The highest BCUT2D eigenvalue weighted by molar-refractivity contribution is 7.10. The average Bonchev–Trinajstić information content (AvgIpc) is 2.55. The van der Waals surface area contributed by atoms with Crippen LogP contribution in [0.2, 0.25) is 0 Å². The lowest BCUT2D eigenvalue weighted by atomic mass is 10.2. The molecule has 0 atom stereocenters. The average molecular weight is 246 g/mol. The Morgan fingerprint density at radius 2 is 2.20 bits per heavy atom. The van der Waals surface area contributed by atoms with E-state index in [2.05, 4.69) is 4.99 Å². The lowest BCUT2D eigenvalue weighted by Crippen LogP contribution is -2.24. The van der Waals surface area contributed by atoms with E-state index in [9.17, 15) is 4.79 Å². The van der Waals surface area contributed by atoms with Crippen LogP contribution in [0.25, 0.3) is 6.08 Å². The second-order valence-corrected chi connectivity index (χ2v) is 3.66. The number of carbonyl (C=O) groups is 1. The minimum absolute atomic E-state index is 0. The van der Waals surface area contributed by atoms with Crippen molar-refractivity contribution in [3.8, 4) is 0 Å². The van der Waals surface area contributed by atoms with Crippen LogP contribution in [0.1, 0.15) is 11.8 Å². The molecule has 1 aromatic heterocycles. The zero-order chi connectivity index (χ0) is 10.6. The summed E-state index contributed by atoms with van der Waals surface area (Å²) in [5, 5.41) is 1.93. The third kappa shape index (κ3) is 4.62. The van der Waals surface area contributed by atoms with Crippen LogP contribution in [0.4, 0.5) is 0 Å². The zero-order valence-corrected chi connectivity index (χ0v) is 9.77. The van der Waals surface area contributed by atoms with Crippen molar-refractivity contribution >= 4 is 41.7 Å². The number of hydrogen-bond acceptors (Lipinski definition) is 2. The molecule has 0 aliphatic carbocycles. The van der Waals surface area contributed by atoms with Crippen LogP contribution in [-0.2, 0) is 4.79 Å². The predicted octanol–water partition coefficient (Wildman–Crippen LogP) is 1.37. The normalized spacial score (nSPS) is 10.3. The highest BCUT2D eigenvalue weighted by Gasteiger charge is 2.02. The largest absolute Gasteiger partial charge is 0.370 e. The Labute approximate surface area is 98.1 Å². The van der Waals surface area contributed by atoms with Gasteiger partial charge in [0.1, 0.15) is 0 Å². The van der Waals surface area contributed by atoms with Gasteiger partial charge >= 0.3 is 0 Å². The molecule has 1 amide bonds. The smallest absolute Gasteiger partial charge is 0.275 e. The zero-order valence-electron chi connectivity index (χ0n) is 8.14. The minimum atomic E-state index is -0.404. The SMILES string of the molecule is C/C(=C\c1cccs1)C(=O)N=C(N)N.Cl. The Bertz CT molecular complexity index is 380. The molecule has 4 N–H and O–H groups in total. The van der Waals surface area contributed by atoms with Crippen molar-refractivity contribution in [1.82, 2.24) is 0 Å². The van der Waals surface area contributed by atoms with Gasteiger partial charge in [-0.15, -0.1) is 23.7 Å². The number of halogens is 1. The predicted molar refractivity (Wildman–Crippen MR) is 66.0 cm³/mol. The molecule has 0 aliphatic rings. The van der Waals surface area contributed by atoms with E-state index >= 15 is 0 Å². The van der Waals surface area contributed by atoms with Gasteiger partial charge in [-0.1, -0.05) is 6.07 Å². The maximum atomic E-state index is 11.3. The van der Waals surface area contributed by atoms with Gasteiger partial charge in [-0.05, 0) is 24.4 Å². The van der Waals surface area contributed by atoms with Crippen molar-refractivity contribution in [2.24, 2.45) is 16.5 Å². The monoisotopic (exact) mass is 245 g/mol. The molecular weight excluding hydrogens is 234 g/mol. The topological polar surface area (TPSA) is 81.5 Å². The van der Waals surface area contributed by atoms with E-state index in [-0.39, 0.29) is 18.4 Å². The van der Waals surface area contributed by atoms with Crippen molar-refractivity contribution in [3.05, 3.63) is 28.0 Å². The van der Waals surface area contributed by atoms with Crippen LogP contribution in [0.5, 0.6) is 0 Å². The van der Waals surface area contributed by atoms with Gasteiger partial charge < -0.3 is 11.5 Å². The molecule has 1 aromatic rings. The van der Waals surface area contributed by atoms with E-state index in [1.54, 1.807) is 24.3 Å². The summed E-state index contributed by atoms with van der Waals surface area (Å²) in [4.78, 5) is 15.7. The maximum Gasteiger partial charge on any atom is 0.275 e. The van der Waals surface area contributed by atoms with Gasteiger partial charge in [0.05, 0.1) is 0 Å². The minimum Gasteiger partial charge on any atom is -0.370 e. The molecule has 0 unspecified atom stereocenters. The molecule has 4 nitrogen and oxygen atoms in total. The van der Waals surface area contributed by atoms with Gasteiger partial charge in [-0.3, -0.25) is 4.79 Å². The summed E-state index contributed by atoms with van der Waals surface area (Å²) in [6, 6.07) is 3.83. The van der Waals surface area contributed by atoms with E-state index in [0.29, 0.717) is 5.57 Å². The fourth-order valence-electron chi connectivity index (χ4n) is 0.854. The first-order chi connectivity index (χ1) is 6.59. The summed E-state index contributed by atoms with van der Waals surface area (Å²) >= 11 is 1.55. The lowest BCUT2D eigenvalue weighted by Gasteiger charge is -1.94. The second-order valence-electron chi connectivity index (χ2n) is 2.68. The van der Waals surface area contributed by atoms with E-state index in [1.165, 1.54) is 0 Å². The first-order valence-electron chi connectivity index (χ1n) is 3.95. The number of amides is 1. The molecule has 1 rings (SSSR count). The van der Waals surface area contributed by atoms with Gasteiger partial charge in [-0.25, -0.2) is 0 Å². The Hall–Kier alpha value is -1.33. The van der Waals surface area contributed by atoms with Gasteiger partial charge in [0, 0.05) is 10.5 Å². The molecule has 0 aromatic carbocycles. The summed E-state index contributed by atoms with van der Waals surface area (Å²) in [6.07, 6.45) is 1.75. The van der Waals surface area contributed by atoms with Crippen LogP contribution in [0.3, 0.4) is 0 Å². The quantitative estimate of drug-likeness (QED) is 0.469. The third-order valence-corrected chi connectivity index (χ3v) is 2.29. The van der Waals surface area contributed by atoms with Crippen molar-refractivity contribution in [3.63, 3.8) is 0 Å². The van der Waals surface area contributed by atoms with Crippen LogP contribution in [0, 0.1) is 0 Å². The van der Waals surface area contributed by atoms with Gasteiger partial charge in [0.2, 0.25) is 0 Å². The number of thiophene rings is 1.